The number of nitrogens with zero attached hydrogens (tertiary/aromatic N) is 4. The second-order valence-corrected chi connectivity index (χ2v) is 12.0. The van der Waals surface area contributed by atoms with Crippen LogP contribution in [0.1, 0.15) is 25.3 Å². The summed E-state index contributed by atoms with van der Waals surface area (Å²) in [5, 5.41) is 4.11. The second kappa shape index (κ2) is 10.8. The molecule has 1 saturated heterocycles. The highest BCUT2D eigenvalue weighted by atomic mass is 32.2. The van der Waals surface area contributed by atoms with Crippen molar-refractivity contribution >= 4 is 15.9 Å². The van der Waals surface area contributed by atoms with Gasteiger partial charge in [0.25, 0.3) is 10.2 Å². The highest BCUT2D eigenvalue weighted by Crippen LogP contribution is 2.45. The van der Waals surface area contributed by atoms with E-state index in [4.69, 9.17) is 4.74 Å². The monoisotopic (exact) mass is 581 g/mol. The van der Waals surface area contributed by atoms with Crippen molar-refractivity contribution in [2.75, 3.05) is 37.7 Å². The predicted octanol–water partition coefficient (Wildman–Crippen LogP) is 3.12. The van der Waals surface area contributed by atoms with Gasteiger partial charge in [-0.05, 0) is 43.2 Å². The molecule has 214 valence electrons. The minimum absolute atomic E-state index is 0.0241. The fraction of sp³-hybridized carbons (Fsp3) is 0.385. The number of halogens is 4. The molecule has 3 aromatic rings. The van der Waals surface area contributed by atoms with Gasteiger partial charge in [-0.3, -0.25) is 4.79 Å². The van der Waals surface area contributed by atoms with E-state index in [9.17, 15) is 30.8 Å². The Balaban J connectivity index is 1.34. The van der Waals surface area contributed by atoms with Crippen LogP contribution in [0.15, 0.2) is 47.4 Å². The van der Waals surface area contributed by atoms with Gasteiger partial charge in [-0.25, -0.2) is 17.6 Å². The van der Waals surface area contributed by atoms with Crippen molar-refractivity contribution in [3.63, 3.8) is 0 Å². The molecule has 2 heterocycles. The van der Waals surface area contributed by atoms with E-state index in [0.29, 0.717) is 11.8 Å². The predicted molar refractivity (Wildman–Crippen MR) is 138 cm³/mol. The van der Waals surface area contributed by atoms with Crippen LogP contribution in [0.3, 0.4) is 0 Å². The Bertz CT molecular complexity index is 1570. The molecule has 1 aliphatic heterocycles. The minimum atomic E-state index is -4.02. The molecule has 0 spiro atoms. The number of anilines is 1. The molecule has 2 fully saturated rings. The standard InChI is InChI=1S/C26H27F4N5O4S/c1-26(4-5-26)16-39-24-23(15-31-35(25(24)36)21-12-19(28)11-20(29)13-21)33-6-8-34(9-7-33)40(37,38)32-14-17-10-18(27)2-3-22(17)30/h2-3,10-13,15,32H,4-9,14,16H2,1H3. The van der Waals surface area contributed by atoms with Crippen LogP contribution in [-0.4, -0.2) is 55.3 Å². The molecular formula is C26H27F4N5O4S. The molecule has 0 unspecified atom stereocenters. The molecular weight excluding hydrogens is 554 g/mol. The summed E-state index contributed by atoms with van der Waals surface area (Å²) in [6.45, 7) is 2.23. The number of rotatable bonds is 9. The molecule has 1 saturated carbocycles. The van der Waals surface area contributed by atoms with E-state index in [-0.39, 0.29) is 55.2 Å². The number of hydrogen-bond acceptors (Lipinski definition) is 6. The van der Waals surface area contributed by atoms with E-state index in [1.807, 2.05) is 6.92 Å². The third-order valence-corrected chi connectivity index (χ3v) is 8.60. The smallest absolute Gasteiger partial charge is 0.316 e. The number of benzene rings is 2. The molecule has 0 atom stereocenters. The Hall–Kier alpha value is -3.49. The summed E-state index contributed by atoms with van der Waals surface area (Å²) in [5.74, 6) is -3.21. The fourth-order valence-corrected chi connectivity index (χ4v) is 5.51. The highest BCUT2D eigenvalue weighted by Gasteiger charge is 2.39. The third-order valence-electron chi connectivity index (χ3n) is 7.05. The Morgan fingerprint density at radius 3 is 2.30 bits per heavy atom. The Kier molecular flexibility index (Phi) is 7.59. The van der Waals surface area contributed by atoms with Crippen LogP contribution in [0.25, 0.3) is 5.69 Å². The molecule has 40 heavy (non-hydrogen) atoms. The first-order valence-corrected chi connectivity index (χ1v) is 14.0. The molecule has 0 amide bonds. The fourth-order valence-electron chi connectivity index (χ4n) is 4.35. The van der Waals surface area contributed by atoms with Crippen LogP contribution in [0.5, 0.6) is 5.75 Å². The van der Waals surface area contributed by atoms with E-state index < -0.39 is 45.6 Å². The van der Waals surface area contributed by atoms with Crippen molar-refractivity contribution in [3.05, 3.63) is 81.8 Å². The van der Waals surface area contributed by atoms with Gasteiger partial charge < -0.3 is 9.64 Å². The largest absolute Gasteiger partial charge is 0.486 e. The average Bonchev–Trinajstić information content (AvgIpc) is 3.65. The van der Waals surface area contributed by atoms with Gasteiger partial charge in [-0.2, -0.15) is 27.2 Å². The summed E-state index contributed by atoms with van der Waals surface area (Å²) >= 11 is 0. The Labute approximate surface area is 228 Å². The van der Waals surface area contributed by atoms with Crippen LogP contribution >= 0.6 is 0 Å². The van der Waals surface area contributed by atoms with E-state index in [1.54, 1.807) is 4.90 Å². The molecule has 1 N–H and O–H groups in total. The van der Waals surface area contributed by atoms with Gasteiger partial charge in [0.1, 0.15) is 29.0 Å². The maximum absolute atomic E-state index is 13.9. The van der Waals surface area contributed by atoms with Gasteiger partial charge in [-0.15, -0.1) is 0 Å². The Morgan fingerprint density at radius 1 is 0.975 bits per heavy atom. The first kappa shape index (κ1) is 28.1. The number of aromatic nitrogens is 2. The summed E-state index contributed by atoms with van der Waals surface area (Å²) in [7, 11) is -4.02. The van der Waals surface area contributed by atoms with Gasteiger partial charge in [0.05, 0.1) is 18.5 Å². The molecule has 2 aromatic carbocycles. The van der Waals surface area contributed by atoms with Gasteiger partial charge in [0.15, 0.2) is 0 Å². The van der Waals surface area contributed by atoms with E-state index >= 15 is 0 Å². The topological polar surface area (TPSA) is 96.8 Å². The molecule has 1 aromatic heterocycles. The zero-order valence-electron chi connectivity index (χ0n) is 21.5. The lowest BCUT2D eigenvalue weighted by Gasteiger charge is -2.35. The van der Waals surface area contributed by atoms with Crippen LogP contribution in [0.2, 0.25) is 0 Å². The summed E-state index contributed by atoms with van der Waals surface area (Å²) in [6.07, 6.45) is 3.21. The molecule has 0 radical (unpaired) electrons. The molecule has 2 aliphatic rings. The van der Waals surface area contributed by atoms with Gasteiger partial charge >= 0.3 is 5.56 Å². The zero-order chi connectivity index (χ0) is 28.7. The molecule has 14 heteroatoms. The van der Waals surface area contributed by atoms with E-state index in [0.717, 1.165) is 52.2 Å². The number of nitrogens with one attached hydrogen (secondary N) is 1. The van der Waals surface area contributed by atoms with Crippen molar-refractivity contribution in [1.29, 1.82) is 0 Å². The van der Waals surface area contributed by atoms with Crippen molar-refractivity contribution in [2.24, 2.45) is 5.41 Å². The first-order chi connectivity index (χ1) is 18.9. The maximum atomic E-state index is 13.9. The third kappa shape index (κ3) is 6.13. The van der Waals surface area contributed by atoms with Crippen LogP contribution in [0, 0.1) is 28.7 Å². The minimum Gasteiger partial charge on any atom is -0.486 e. The quantitative estimate of drug-likeness (QED) is 0.390. The normalized spacial score (nSPS) is 17.2. The van der Waals surface area contributed by atoms with Crippen LogP contribution in [0.4, 0.5) is 23.2 Å². The van der Waals surface area contributed by atoms with Gasteiger partial charge in [-0.1, -0.05) is 6.92 Å². The van der Waals surface area contributed by atoms with Gasteiger partial charge in [0.2, 0.25) is 5.75 Å². The van der Waals surface area contributed by atoms with E-state index in [1.165, 1.54) is 6.20 Å². The summed E-state index contributed by atoms with van der Waals surface area (Å²) < 4.78 is 90.9. The molecule has 1 aliphatic carbocycles. The lowest BCUT2D eigenvalue weighted by molar-refractivity contribution is 0.242. The van der Waals surface area contributed by atoms with Crippen molar-refractivity contribution in [1.82, 2.24) is 18.8 Å². The number of hydrogen-bond donors (Lipinski definition) is 1. The van der Waals surface area contributed by atoms with Crippen LogP contribution < -0.4 is 19.9 Å². The first-order valence-electron chi connectivity index (χ1n) is 12.6. The number of piperazine rings is 1. The molecule has 5 rings (SSSR count). The number of ether oxygens (including phenoxy) is 1. The Morgan fingerprint density at radius 2 is 1.65 bits per heavy atom. The second-order valence-electron chi connectivity index (χ2n) is 10.3. The average molecular weight is 582 g/mol. The van der Waals surface area contributed by atoms with Gasteiger partial charge in [0, 0.05) is 49.8 Å². The van der Waals surface area contributed by atoms with Crippen molar-refractivity contribution in [3.8, 4) is 11.4 Å². The summed E-state index contributed by atoms with van der Waals surface area (Å²) in [6, 6.07) is 5.44. The molecule has 0 bridgehead atoms. The maximum Gasteiger partial charge on any atom is 0.316 e. The summed E-state index contributed by atoms with van der Waals surface area (Å²) in [5.41, 5.74) is -0.691. The lowest BCUT2D eigenvalue weighted by atomic mass is 10.2. The molecule has 9 nitrogen and oxygen atoms in total. The van der Waals surface area contributed by atoms with Crippen molar-refractivity contribution < 1.29 is 30.7 Å². The van der Waals surface area contributed by atoms with Crippen molar-refractivity contribution in [2.45, 2.75) is 26.3 Å². The van der Waals surface area contributed by atoms with E-state index in [2.05, 4.69) is 9.82 Å². The summed E-state index contributed by atoms with van der Waals surface area (Å²) in [4.78, 5) is 15.2. The SMILES string of the molecule is CC1(COc2c(N3CCN(S(=O)(=O)NCc4cc(F)ccc4F)CC3)cnn(-c3cc(F)cc(F)c3)c2=O)CC1. The zero-order valence-corrected chi connectivity index (χ0v) is 22.4. The highest BCUT2D eigenvalue weighted by molar-refractivity contribution is 7.87. The van der Waals surface area contributed by atoms with Crippen LogP contribution in [-0.2, 0) is 16.8 Å². The lowest BCUT2D eigenvalue weighted by Crippen LogP contribution is -2.52.